The van der Waals surface area contributed by atoms with E-state index in [-0.39, 0.29) is 111 Å². The number of Topliss-reactive ketones (excluding diaryl/α,β-unsaturated/α-hetero) is 2. The number of aromatic carboxylic acids is 4. The molecule has 460 valence electrons. The van der Waals surface area contributed by atoms with Crippen molar-refractivity contribution in [1.29, 1.82) is 0 Å². The Morgan fingerprint density at radius 3 is 1.58 bits per heavy atom. The molecule has 5 aromatic carbocycles. The number of carboxylic acid groups (broad SMARTS) is 4. The van der Waals surface area contributed by atoms with E-state index in [2.05, 4.69) is 30.2 Å². The topological polar surface area (TPSA) is 456 Å². The molecular weight excluding hydrogens is 1190 g/mol. The number of allylic oxidation sites excluding steroid dienone is 4. The van der Waals surface area contributed by atoms with E-state index in [0.29, 0.717) is 24.2 Å². The number of aliphatic hydroxyl groups is 2. The molecule has 1 heterocycles. The maximum Gasteiger partial charge on any atom is 0.339 e. The standard InChI is InChI=1S/C21H26O5.C18H14N4O5S.C14H10N2O6.C7H7NO3.H2S/c1-19-7-5-13(23)9-12(19)3-4-14-15-6-8-21(26,17(25)11-22)20(15,2)10-16(24)18(14)19;23-16-9-6-13(11-15(16)18(24)25)21-20-12-4-7-14(8-5-12)28(26,27)22-17-3-1-2-10-19-17;17-11-3-1-7(5-9(11)13(19)20)15-16-8-2-4-12(18)10(6-8)14(21)22;8-4-1-2-6(9)5(3-4)7(10)11;/h5,7,9,14-15,18,22,26H,3-4,6,8,10-11H2,1-2H3;1-11,23H,(H,19,22)(H,24,25);1-6,17-18H,(H,19,20)(H,21,22);1-3,9H,8H2,(H,10,11);1H2/t14-,15-,18+,19-,20-,21-;;;;/m0..../s1. The maximum absolute atomic E-state index is 13.3. The summed E-state index contributed by atoms with van der Waals surface area (Å²) in [6, 6.07) is 25.4. The van der Waals surface area contributed by atoms with Crippen molar-refractivity contribution in [2.45, 2.75) is 56.4 Å². The van der Waals surface area contributed by atoms with Crippen LogP contribution < -0.4 is 10.5 Å². The molecule has 0 unspecified atom stereocenters. The van der Waals surface area contributed by atoms with E-state index in [0.717, 1.165) is 42.7 Å². The molecule has 26 nitrogen and oxygen atoms in total. The number of carbonyl (C=O) groups is 7. The molecule has 0 amide bonds. The second-order valence-corrected chi connectivity index (χ2v) is 22.5. The minimum Gasteiger partial charge on any atom is -0.507 e. The van der Waals surface area contributed by atoms with Crippen molar-refractivity contribution in [1.82, 2.24) is 4.98 Å². The predicted octanol–water partition coefficient (Wildman–Crippen LogP) is 9.16. The summed E-state index contributed by atoms with van der Waals surface area (Å²) in [5.41, 5.74) is 3.55. The van der Waals surface area contributed by atoms with Crippen LogP contribution in [-0.2, 0) is 24.4 Å². The fourth-order valence-electron chi connectivity index (χ4n) is 11.2. The number of fused-ring (bicyclic) bond motifs is 5. The van der Waals surface area contributed by atoms with Crippen molar-refractivity contribution in [2.24, 2.45) is 49.0 Å². The van der Waals surface area contributed by atoms with Gasteiger partial charge < -0.3 is 56.8 Å². The molecule has 0 aliphatic heterocycles. The van der Waals surface area contributed by atoms with Crippen LogP contribution in [-0.4, -0.2) is 118 Å². The normalized spacial score (nSPS) is 21.4. The summed E-state index contributed by atoms with van der Waals surface area (Å²) in [5.74, 6) is -6.93. The number of aliphatic hydroxyl groups excluding tert-OH is 1. The zero-order valence-corrected chi connectivity index (χ0v) is 48.4. The molecule has 88 heavy (non-hydrogen) atoms. The van der Waals surface area contributed by atoms with Crippen LogP contribution >= 0.6 is 13.5 Å². The number of aromatic hydroxyl groups is 4. The molecule has 4 aliphatic carbocycles. The highest BCUT2D eigenvalue weighted by Crippen LogP contribution is 2.66. The Morgan fingerprint density at radius 2 is 1.12 bits per heavy atom. The van der Waals surface area contributed by atoms with Gasteiger partial charge in [-0.1, -0.05) is 31.6 Å². The lowest BCUT2D eigenvalue weighted by atomic mass is 9.46. The van der Waals surface area contributed by atoms with Crippen LogP contribution in [0, 0.1) is 28.6 Å². The number of hydrogen-bond donors (Lipinski definition) is 12. The molecule has 6 atom stereocenters. The molecule has 3 fully saturated rings. The molecule has 10 rings (SSSR count). The van der Waals surface area contributed by atoms with Crippen molar-refractivity contribution in [3.63, 3.8) is 0 Å². The molecule has 13 N–H and O–H groups in total. The van der Waals surface area contributed by atoms with Gasteiger partial charge in [0.2, 0.25) is 0 Å². The van der Waals surface area contributed by atoms with E-state index in [4.69, 9.17) is 31.3 Å². The molecule has 0 spiro atoms. The Morgan fingerprint density at radius 1 is 0.659 bits per heavy atom. The minimum atomic E-state index is -3.79. The molecule has 1 aromatic heterocycles. The van der Waals surface area contributed by atoms with Gasteiger partial charge in [0, 0.05) is 35.1 Å². The Labute approximate surface area is 507 Å². The number of hydrogen-bond acceptors (Lipinski definition) is 21. The van der Waals surface area contributed by atoms with Gasteiger partial charge in [0.25, 0.3) is 10.0 Å². The number of nitrogen functional groups attached to an aromatic ring is 1. The van der Waals surface area contributed by atoms with Gasteiger partial charge >= 0.3 is 23.9 Å². The zero-order valence-electron chi connectivity index (χ0n) is 46.6. The number of phenols is 4. The van der Waals surface area contributed by atoms with Gasteiger partial charge in [-0.2, -0.15) is 34.0 Å². The van der Waals surface area contributed by atoms with E-state index in [1.54, 1.807) is 24.3 Å². The smallest absolute Gasteiger partial charge is 0.339 e. The van der Waals surface area contributed by atoms with Crippen molar-refractivity contribution in [3.8, 4) is 23.0 Å². The zero-order chi connectivity index (χ0) is 63.8. The quantitative estimate of drug-likeness (QED) is 0.0291. The Bertz CT molecular complexity index is 3890. The van der Waals surface area contributed by atoms with Gasteiger partial charge in [0.15, 0.2) is 11.6 Å². The number of carbonyl (C=O) groups excluding carboxylic acids is 3. The summed E-state index contributed by atoms with van der Waals surface area (Å²) in [6.07, 6.45) is 9.30. The van der Waals surface area contributed by atoms with Crippen LogP contribution in [0.15, 0.2) is 171 Å². The SMILES string of the molecule is C[C@]12C=CC(=O)C=C1CC[C@@H]1[C@@H]2C(=O)C[C@@]2(C)[C@H]1CC[C@]2(O)C(=O)CO.Nc1ccc(O)c(C(=O)O)c1.O=C(O)c1cc(N=Nc2ccc(O)c(C(=O)O)c2)ccc1O.O=C(O)c1cc(N=Nc2ccc(S(=O)(=O)Nc3ccccn3)cc2)ccc1O.S. The highest BCUT2D eigenvalue weighted by molar-refractivity contribution is 7.92. The summed E-state index contributed by atoms with van der Waals surface area (Å²) >= 11 is 0. The summed E-state index contributed by atoms with van der Waals surface area (Å²) in [7, 11) is -3.79. The Kier molecular flexibility index (Phi) is 20.9. The summed E-state index contributed by atoms with van der Waals surface area (Å²) < 4.78 is 27.0. The number of anilines is 2. The largest absolute Gasteiger partial charge is 0.507 e. The number of rotatable bonds is 13. The van der Waals surface area contributed by atoms with Crippen molar-refractivity contribution >= 4 is 99.0 Å². The number of sulfonamides is 1. The first kappa shape index (κ1) is 67.0. The summed E-state index contributed by atoms with van der Waals surface area (Å²) in [4.78, 5) is 84.5. The van der Waals surface area contributed by atoms with Crippen LogP contribution in [0.2, 0.25) is 0 Å². The first-order valence-electron chi connectivity index (χ1n) is 26.2. The van der Waals surface area contributed by atoms with Crippen molar-refractivity contribution < 1.29 is 93.0 Å². The van der Waals surface area contributed by atoms with Crippen LogP contribution in [0.3, 0.4) is 0 Å². The molecule has 0 saturated heterocycles. The average Bonchev–Trinajstić information content (AvgIpc) is 1.39. The van der Waals surface area contributed by atoms with Gasteiger partial charge in [-0.05, 0) is 159 Å². The van der Waals surface area contributed by atoms with Gasteiger partial charge in [0.05, 0.1) is 27.6 Å². The van der Waals surface area contributed by atoms with Crippen molar-refractivity contribution in [3.05, 3.63) is 168 Å². The van der Waals surface area contributed by atoms with Gasteiger partial charge in [0.1, 0.15) is 69.1 Å². The second-order valence-electron chi connectivity index (χ2n) is 20.8. The molecule has 4 aliphatic rings. The number of azo groups is 2. The van der Waals surface area contributed by atoms with E-state index in [1.807, 2.05) is 19.9 Å². The third-order valence-corrected chi connectivity index (χ3v) is 16.9. The van der Waals surface area contributed by atoms with Gasteiger partial charge in [-0.25, -0.2) is 32.6 Å². The lowest BCUT2D eigenvalue weighted by Crippen LogP contribution is -2.60. The molecule has 0 bridgehead atoms. The van der Waals surface area contributed by atoms with Gasteiger partial charge in [-0.3, -0.25) is 19.1 Å². The lowest BCUT2D eigenvalue weighted by Gasteiger charge is -2.56. The number of pyridine rings is 1. The number of benzene rings is 5. The number of nitrogens with zero attached hydrogens (tertiary/aromatic N) is 5. The fourth-order valence-corrected chi connectivity index (χ4v) is 12.2. The van der Waals surface area contributed by atoms with Crippen molar-refractivity contribution in [2.75, 3.05) is 17.1 Å². The third-order valence-electron chi connectivity index (χ3n) is 15.5. The molecule has 6 aromatic rings. The number of ketones is 3. The lowest BCUT2D eigenvalue weighted by molar-refractivity contribution is -0.168. The second kappa shape index (κ2) is 27.5. The number of nitrogens with one attached hydrogen (secondary N) is 1. The Balaban J connectivity index is 0.000000194. The van der Waals surface area contributed by atoms with E-state index in [9.17, 15) is 67.5 Å². The number of nitrogens with two attached hydrogens (primary N) is 1. The molecular formula is C60H59N7O19S2. The summed E-state index contributed by atoms with van der Waals surface area (Å²) in [5, 5.41) is 108. The summed E-state index contributed by atoms with van der Waals surface area (Å²) in [6.45, 7) is 3.19. The number of carboxylic acids is 4. The average molecular weight is 1250 g/mol. The van der Waals surface area contributed by atoms with Crippen LogP contribution in [0.4, 0.5) is 34.3 Å². The van der Waals surface area contributed by atoms with E-state index in [1.165, 1.54) is 85.1 Å². The number of aromatic nitrogens is 1. The molecule has 0 radical (unpaired) electrons. The Hall–Kier alpha value is -10.2. The minimum absolute atomic E-state index is 0. The predicted molar refractivity (Wildman–Crippen MR) is 319 cm³/mol. The van der Waals surface area contributed by atoms with Gasteiger partial charge in [-0.15, -0.1) is 0 Å². The highest BCUT2D eigenvalue weighted by atomic mass is 32.2. The van der Waals surface area contributed by atoms with Crippen LogP contribution in [0.25, 0.3) is 0 Å². The first-order valence-corrected chi connectivity index (χ1v) is 27.7. The highest BCUT2D eigenvalue weighted by Gasteiger charge is 2.68. The maximum atomic E-state index is 13.3. The molecule has 28 heteroatoms. The monoisotopic (exact) mass is 1250 g/mol. The third kappa shape index (κ3) is 14.7. The van der Waals surface area contributed by atoms with E-state index < -0.39 is 74.2 Å². The fraction of sp³-hybridized carbons (Fsp3) is 0.233. The van der Waals surface area contributed by atoms with Crippen LogP contribution in [0.1, 0.15) is 87.4 Å². The molecule has 3 saturated carbocycles. The first-order chi connectivity index (χ1) is 41.0. The van der Waals surface area contributed by atoms with Crippen LogP contribution in [0.5, 0.6) is 23.0 Å². The van der Waals surface area contributed by atoms with E-state index >= 15 is 0 Å².